The third-order valence-corrected chi connectivity index (χ3v) is 10.7. The summed E-state index contributed by atoms with van der Waals surface area (Å²) in [4.78, 5) is 15.5. The highest BCUT2D eigenvalue weighted by atomic mass is 32.1. The first-order valence-electron chi connectivity index (χ1n) is 16.4. The molecule has 2 aromatic heterocycles. The number of aromatic nitrogens is 3. The summed E-state index contributed by atoms with van der Waals surface area (Å²) in [5.74, 6) is 1.96. The molecule has 0 spiro atoms. The van der Waals surface area contributed by atoms with Crippen LogP contribution < -0.4 is 0 Å². The van der Waals surface area contributed by atoms with Crippen molar-refractivity contribution in [3.8, 4) is 45.3 Å². The van der Waals surface area contributed by atoms with Crippen LogP contribution in [0.25, 0.3) is 97.8 Å². The second kappa shape index (κ2) is 11.2. The van der Waals surface area contributed by atoms with Gasteiger partial charge in [-0.1, -0.05) is 127 Å². The van der Waals surface area contributed by atoms with Crippen molar-refractivity contribution in [1.29, 1.82) is 0 Å². The molecule has 0 N–H and O–H groups in total. The van der Waals surface area contributed by atoms with E-state index in [2.05, 4.69) is 158 Å². The largest absolute Gasteiger partial charge is 0.208 e. The number of hydrogen-bond donors (Lipinski definition) is 0. The van der Waals surface area contributed by atoms with E-state index in [1.54, 1.807) is 0 Å². The highest BCUT2D eigenvalue weighted by Crippen LogP contribution is 2.39. The van der Waals surface area contributed by atoms with Gasteiger partial charge >= 0.3 is 0 Å². The average Bonchev–Trinajstić information content (AvgIpc) is 3.56. The Bertz CT molecular complexity index is 2860. The van der Waals surface area contributed by atoms with Gasteiger partial charge in [0.15, 0.2) is 17.5 Å². The third kappa shape index (κ3) is 4.68. The number of hydrogen-bond acceptors (Lipinski definition) is 4. The van der Waals surface area contributed by atoms with E-state index in [1.807, 2.05) is 17.4 Å². The van der Waals surface area contributed by atoms with Crippen LogP contribution in [0.1, 0.15) is 0 Å². The molecule has 0 unspecified atom stereocenters. The highest BCUT2D eigenvalue weighted by Gasteiger charge is 2.16. The molecule has 4 heteroatoms. The number of benzene rings is 8. The van der Waals surface area contributed by atoms with Gasteiger partial charge in [-0.3, -0.25) is 0 Å². The fourth-order valence-electron chi connectivity index (χ4n) is 7.14. The molecule has 0 aliphatic heterocycles. The van der Waals surface area contributed by atoms with E-state index in [0.717, 1.165) is 27.8 Å². The summed E-state index contributed by atoms with van der Waals surface area (Å²) in [6.07, 6.45) is 0. The third-order valence-electron chi connectivity index (χ3n) is 9.50. The summed E-state index contributed by atoms with van der Waals surface area (Å²) in [6, 6.07) is 58.0. The molecule has 2 heterocycles. The van der Waals surface area contributed by atoms with Crippen molar-refractivity contribution < 1.29 is 0 Å². The molecule has 10 rings (SSSR count). The molecule has 0 bridgehead atoms. The Labute approximate surface area is 286 Å². The first-order chi connectivity index (χ1) is 24.3. The van der Waals surface area contributed by atoms with Crippen molar-refractivity contribution in [2.45, 2.75) is 0 Å². The predicted octanol–water partition coefficient (Wildman–Crippen LogP) is 12.4. The molecule has 0 amide bonds. The Morgan fingerprint density at radius 2 is 0.714 bits per heavy atom. The lowest BCUT2D eigenvalue weighted by Crippen LogP contribution is -2.00. The average molecular weight is 642 g/mol. The van der Waals surface area contributed by atoms with E-state index in [9.17, 15) is 0 Å². The van der Waals surface area contributed by atoms with Gasteiger partial charge in [-0.25, -0.2) is 15.0 Å². The number of thiophene rings is 1. The summed E-state index contributed by atoms with van der Waals surface area (Å²) in [5.41, 5.74) is 5.15. The summed E-state index contributed by atoms with van der Waals surface area (Å²) >= 11 is 1.81. The maximum atomic E-state index is 5.18. The Morgan fingerprint density at radius 3 is 1.39 bits per heavy atom. The second-order valence-corrected chi connectivity index (χ2v) is 13.5. The molecule has 0 radical (unpaired) electrons. The van der Waals surface area contributed by atoms with Crippen molar-refractivity contribution in [3.63, 3.8) is 0 Å². The van der Waals surface area contributed by atoms with E-state index in [1.165, 1.54) is 52.5 Å². The van der Waals surface area contributed by atoms with E-state index in [4.69, 9.17) is 15.0 Å². The van der Waals surface area contributed by atoms with Crippen molar-refractivity contribution in [2.75, 3.05) is 0 Å². The number of fused-ring (bicyclic) bond motifs is 9. The Morgan fingerprint density at radius 1 is 0.265 bits per heavy atom. The molecule has 0 saturated heterocycles. The van der Waals surface area contributed by atoms with Crippen LogP contribution in [-0.4, -0.2) is 15.0 Å². The van der Waals surface area contributed by atoms with Gasteiger partial charge in [0.05, 0.1) is 0 Å². The highest BCUT2D eigenvalue weighted by molar-refractivity contribution is 7.25. The maximum absolute atomic E-state index is 5.18. The normalized spacial score (nSPS) is 11.7. The predicted molar refractivity (Wildman–Crippen MR) is 207 cm³/mol. The van der Waals surface area contributed by atoms with E-state index in [-0.39, 0.29) is 0 Å². The van der Waals surface area contributed by atoms with Crippen LogP contribution in [0.4, 0.5) is 0 Å². The van der Waals surface area contributed by atoms with Gasteiger partial charge in [0, 0.05) is 36.9 Å². The summed E-state index contributed by atoms with van der Waals surface area (Å²) in [6.45, 7) is 0. The molecular weight excluding hydrogens is 615 g/mol. The lowest BCUT2D eigenvalue weighted by molar-refractivity contribution is 1.08. The Balaban J connectivity index is 1.21. The zero-order chi connectivity index (χ0) is 32.3. The summed E-state index contributed by atoms with van der Waals surface area (Å²) < 4.78 is 2.53. The SMILES string of the molecule is c1ccc(-c2cccc(-c3nc(-c4ccc5sc6ccccc6c5c4)nc(-c4ccc5c6ccccc6c6ccccc6c5c4)n3)c2)cc1. The molecule has 228 valence electrons. The first kappa shape index (κ1) is 27.8. The zero-order valence-corrected chi connectivity index (χ0v) is 27.2. The quantitative estimate of drug-likeness (QED) is 0.180. The molecular formula is C45H27N3S. The van der Waals surface area contributed by atoms with Crippen LogP contribution in [0.15, 0.2) is 164 Å². The van der Waals surface area contributed by atoms with Crippen LogP contribution in [0.3, 0.4) is 0 Å². The topological polar surface area (TPSA) is 38.7 Å². The van der Waals surface area contributed by atoms with E-state index >= 15 is 0 Å². The lowest BCUT2D eigenvalue weighted by Gasteiger charge is -2.13. The van der Waals surface area contributed by atoms with Gasteiger partial charge in [-0.15, -0.1) is 11.3 Å². The fraction of sp³-hybridized carbons (Fsp3) is 0. The maximum Gasteiger partial charge on any atom is 0.164 e. The summed E-state index contributed by atoms with van der Waals surface area (Å²) in [5, 5.41) is 9.85. The molecule has 49 heavy (non-hydrogen) atoms. The molecule has 0 fully saturated rings. The molecule has 10 aromatic rings. The minimum Gasteiger partial charge on any atom is -0.208 e. The molecule has 0 aliphatic rings. The van der Waals surface area contributed by atoms with Gasteiger partial charge in [0.1, 0.15) is 0 Å². The van der Waals surface area contributed by atoms with Crippen LogP contribution >= 0.6 is 11.3 Å². The van der Waals surface area contributed by atoms with Gasteiger partial charge in [-0.2, -0.15) is 0 Å². The molecule has 8 aromatic carbocycles. The van der Waals surface area contributed by atoms with Crippen LogP contribution in [0.5, 0.6) is 0 Å². The molecule has 3 nitrogen and oxygen atoms in total. The van der Waals surface area contributed by atoms with Gasteiger partial charge in [-0.05, 0) is 79.8 Å². The standard InChI is InChI=1S/C45H27N3S/c1-2-11-28(12-3-1)29-13-10-14-30(25-29)43-46-44(48-45(47-43)32-22-24-42-40(27-32)38-19-8-9-20-41(38)49-42)31-21-23-37-35-17-5-4-15-33(35)34-16-6-7-18-36(34)39(37)26-31/h1-27H. The van der Waals surface area contributed by atoms with Gasteiger partial charge in [0.25, 0.3) is 0 Å². The fourth-order valence-corrected chi connectivity index (χ4v) is 8.23. The molecule has 0 aliphatic carbocycles. The second-order valence-electron chi connectivity index (χ2n) is 12.4. The minimum absolute atomic E-state index is 0.650. The number of nitrogens with zero attached hydrogens (tertiary/aromatic N) is 3. The number of rotatable bonds is 4. The van der Waals surface area contributed by atoms with Crippen LogP contribution in [-0.2, 0) is 0 Å². The van der Waals surface area contributed by atoms with Crippen molar-refractivity contribution >= 4 is 63.8 Å². The molecule has 0 saturated carbocycles. The summed E-state index contributed by atoms with van der Waals surface area (Å²) in [7, 11) is 0. The zero-order valence-electron chi connectivity index (χ0n) is 26.3. The van der Waals surface area contributed by atoms with Gasteiger partial charge in [0.2, 0.25) is 0 Å². The minimum atomic E-state index is 0.650. The van der Waals surface area contributed by atoms with E-state index in [0.29, 0.717) is 17.5 Å². The van der Waals surface area contributed by atoms with Crippen molar-refractivity contribution in [1.82, 2.24) is 15.0 Å². The Kier molecular flexibility index (Phi) is 6.36. The lowest BCUT2D eigenvalue weighted by atomic mass is 9.93. The van der Waals surface area contributed by atoms with Crippen LogP contribution in [0.2, 0.25) is 0 Å². The van der Waals surface area contributed by atoms with Crippen molar-refractivity contribution in [3.05, 3.63) is 164 Å². The first-order valence-corrected chi connectivity index (χ1v) is 17.3. The van der Waals surface area contributed by atoms with Gasteiger partial charge < -0.3 is 0 Å². The smallest absolute Gasteiger partial charge is 0.164 e. The van der Waals surface area contributed by atoms with Crippen LogP contribution in [0, 0.1) is 0 Å². The monoisotopic (exact) mass is 641 g/mol. The van der Waals surface area contributed by atoms with E-state index < -0.39 is 0 Å². The van der Waals surface area contributed by atoms with Crippen molar-refractivity contribution in [2.24, 2.45) is 0 Å². The molecule has 0 atom stereocenters. The Hall–Kier alpha value is -6.23.